The number of rotatable bonds is 9. The van der Waals surface area contributed by atoms with Gasteiger partial charge in [-0.25, -0.2) is 0 Å². The number of methoxy groups -OCH3 is 1. The van der Waals surface area contributed by atoms with Crippen LogP contribution in [-0.4, -0.2) is 37.1 Å². The Hall–Kier alpha value is -2.53. The third-order valence-corrected chi connectivity index (χ3v) is 5.31. The quantitative estimate of drug-likeness (QED) is 0.692. The van der Waals surface area contributed by atoms with Crippen molar-refractivity contribution in [1.29, 1.82) is 0 Å². The molecule has 0 aromatic heterocycles. The normalized spacial score (nSPS) is 15.5. The average molecular weight is 397 g/mol. The molecule has 5 nitrogen and oxygen atoms in total. The highest BCUT2D eigenvalue weighted by Gasteiger charge is 2.18. The molecule has 29 heavy (non-hydrogen) atoms. The van der Waals surface area contributed by atoms with Gasteiger partial charge < -0.3 is 14.8 Å². The highest BCUT2D eigenvalue weighted by molar-refractivity contribution is 5.81. The van der Waals surface area contributed by atoms with E-state index in [2.05, 4.69) is 34.5 Å². The number of ether oxygens (including phenoxy) is 2. The molecule has 2 aromatic rings. The molecule has 5 heteroatoms. The fourth-order valence-electron chi connectivity index (χ4n) is 3.66. The zero-order chi connectivity index (χ0) is 20.5. The fourth-order valence-corrected chi connectivity index (χ4v) is 3.66. The van der Waals surface area contributed by atoms with Crippen LogP contribution in [0.3, 0.4) is 0 Å². The Bertz CT molecular complexity index is 770. The first-order chi connectivity index (χ1) is 14.2. The zero-order valence-corrected chi connectivity index (χ0v) is 17.5. The van der Waals surface area contributed by atoms with Crippen LogP contribution in [0.25, 0.3) is 0 Å². The van der Waals surface area contributed by atoms with E-state index in [-0.39, 0.29) is 5.91 Å². The van der Waals surface area contributed by atoms with Crippen molar-refractivity contribution < 1.29 is 14.3 Å². The topological polar surface area (TPSA) is 50.8 Å². The van der Waals surface area contributed by atoms with Crippen LogP contribution in [0.2, 0.25) is 0 Å². The summed E-state index contributed by atoms with van der Waals surface area (Å²) in [4.78, 5) is 15.1. The van der Waals surface area contributed by atoms with Crippen LogP contribution < -0.4 is 14.8 Å². The van der Waals surface area contributed by atoms with E-state index < -0.39 is 6.10 Å². The number of likely N-dealkylation sites (tertiary alicyclic amines) is 1. The first kappa shape index (κ1) is 21.2. The molecule has 0 unspecified atom stereocenters. The number of benzene rings is 2. The summed E-state index contributed by atoms with van der Waals surface area (Å²) in [6, 6.07) is 15.8. The van der Waals surface area contributed by atoms with Gasteiger partial charge in [0.2, 0.25) is 0 Å². The first-order valence-electron chi connectivity index (χ1n) is 10.6. The molecule has 1 aliphatic heterocycles. The Morgan fingerprint density at radius 1 is 1.03 bits per heavy atom. The molecule has 0 spiro atoms. The van der Waals surface area contributed by atoms with Gasteiger partial charge >= 0.3 is 0 Å². The minimum Gasteiger partial charge on any atom is -0.497 e. The van der Waals surface area contributed by atoms with E-state index in [1.807, 2.05) is 31.2 Å². The number of amides is 1. The number of carbonyl (C=O) groups excluding carboxylic acids is 1. The summed E-state index contributed by atoms with van der Waals surface area (Å²) < 4.78 is 11.0. The SMILES string of the molecule is CC[C@@H](Oc1ccc(OC)cc1)C(=O)NCc1cccc(CN2CCCCC2)c1. The Balaban J connectivity index is 1.52. The smallest absolute Gasteiger partial charge is 0.261 e. The lowest BCUT2D eigenvalue weighted by molar-refractivity contribution is -0.128. The van der Waals surface area contributed by atoms with E-state index in [1.165, 1.54) is 37.9 Å². The number of nitrogens with zero attached hydrogens (tertiary/aromatic N) is 1. The lowest BCUT2D eigenvalue weighted by Gasteiger charge is -2.26. The average Bonchev–Trinajstić information content (AvgIpc) is 2.77. The maximum atomic E-state index is 12.6. The van der Waals surface area contributed by atoms with Crippen LogP contribution in [0.4, 0.5) is 0 Å². The fraction of sp³-hybridized carbons (Fsp3) is 0.458. The summed E-state index contributed by atoms with van der Waals surface area (Å²) in [5, 5.41) is 3.02. The van der Waals surface area contributed by atoms with Gasteiger partial charge in [0, 0.05) is 13.1 Å². The van der Waals surface area contributed by atoms with Gasteiger partial charge in [-0.3, -0.25) is 9.69 Å². The number of hydrogen-bond acceptors (Lipinski definition) is 4. The number of hydrogen-bond donors (Lipinski definition) is 1. The van der Waals surface area contributed by atoms with Crippen molar-refractivity contribution in [3.8, 4) is 11.5 Å². The summed E-state index contributed by atoms with van der Waals surface area (Å²) in [6.07, 6.45) is 4.03. The predicted octanol–water partition coefficient (Wildman–Crippen LogP) is 4.15. The van der Waals surface area contributed by atoms with Gasteiger partial charge in [0.1, 0.15) is 11.5 Å². The summed E-state index contributed by atoms with van der Waals surface area (Å²) in [7, 11) is 1.62. The molecule has 0 saturated carbocycles. The van der Waals surface area contributed by atoms with Crippen LogP contribution in [0, 0.1) is 0 Å². The predicted molar refractivity (Wildman–Crippen MR) is 115 cm³/mol. The highest BCUT2D eigenvalue weighted by atomic mass is 16.5. The van der Waals surface area contributed by atoms with Crippen molar-refractivity contribution in [2.24, 2.45) is 0 Å². The van der Waals surface area contributed by atoms with Crippen molar-refractivity contribution >= 4 is 5.91 Å². The molecule has 0 radical (unpaired) electrons. The van der Waals surface area contributed by atoms with Crippen LogP contribution in [0.1, 0.15) is 43.7 Å². The monoisotopic (exact) mass is 396 g/mol. The van der Waals surface area contributed by atoms with Crippen molar-refractivity contribution in [3.63, 3.8) is 0 Å². The molecule has 1 heterocycles. The molecule has 2 aromatic carbocycles. The van der Waals surface area contributed by atoms with Crippen LogP contribution in [0.5, 0.6) is 11.5 Å². The molecular weight excluding hydrogens is 364 g/mol. The van der Waals surface area contributed by atoms with Crippen molar-refractivity contribution in [3.05, 3.63) is 59.7 Å². The molecule has 1 fully saturated rings. The maximum absolute atomic E-state index is 12.6. The van der Waals surface area contributed by atoms with E-state index in [0.717, 1.165) is 17.9 Å². The summed E-state index contributed by atoms with van der Waals surface area (Å²) in [6.45, 7) is 5.81. The third-order valence-electron chi connectivity index (χ3n) is 5.31. The third kappa shape index (κ3) is 6.50. The zero-order valence-electron chi connectivity index (χ0n) is 17.5. The van der Waals surface area contributed by atoms with E-state index in [9.17, 15) is 4.79 Å². The minimum absolute atomic E-state index is 0.0928. The highest BCUT2D eigenvalue weighted by Crippen LogP contribution is 2.19. The second-order valence-electron chi connectivity index (χ2n) is 7.56. The summed E-state index contributed by atoms with van der Waals surface area (Å²) in [5.41, 5.74) is 2.42. The molecule has 1 amide bonds. The van der Waals surface area contributed by atoms with Gasteiger partial charge in [-0.05, 0) is 67.7 Å². The largest absolute Gasteiger partial charge is 0.497 e. The van der Waals surface area contributed by atoms with Gasteiger partial charge in [-0.2, -0.15) is 0 Å². The van der Waals surface area contributed by atoms with E-state index in [0.29, 0.717) is 18.7 Å². The lowest BCUT2D eigenvalue weighted by atomic mass is 10.1. The van der Waals surface area contributed by atoms with Gasteiger partial charge in [0.05, 0.1) is 7.11 Å². The Morgan fingerprint density at radius 2 is 1.72 bits per heavy atom. The van der Waals surface area contributed by atoms with Gasteiger partial charge in [-0.1, -0.05) is 37.6 Å². The first-order valence-corrected chi connectivity index (χ1v) is 10.6. The Morgan fingerprint density at radius 3 is 2.41 bits per heavy atom. The number of piperidine rings is 1. The molecule has 0 bridgehead atoms. The van der Waals surface area contributed by atoms with Crippen molar-refractivity contribution in [2.45, 2.75) is 51.8 Å². The van der Waals surface area contributed by atoms with Crippen LogP contribution in [0.15, 0.2) is 48.5 Å². The summed E-state index contributed by atoms with van der Waals surface area (Å²) >= 11 is 0. The number of carbonyl (C=O) groups is 1. The van der Waals surface area contributed by atoms with Crippen LogP contribution >= 0.6 is 0 Å². The number of nitrogens with one attached hydrogen (secondary N) is 1. The second kappa shape index (κ2) is 10.9. The van der Waals surface area contributed by atoms with Gasteiger partial charge in [0.15, 0.2) is 6.10 Å². The van der Waals surface area contributed by atoms with Gasteiger partial charge in [-0.15, -0.1) is 0 Å². The Kier molecular flexibility index (Phi) is 7.94. The molecule has 3 rings (SSSR count). The Labute approximate surface area is 174 Å². The molecule has 0 aliphatic carbocycles. The van der Waals surface area contributed by atoms with Crippen LogP contribution in [-0.2, 0) is 17.9 Å². The van der Waals surface area contributed by atoms with E-state index >= 15 is 0 Å². The second-order valence-corrected chi connectivity index (χ2v) is 7.56. The van der Waals surface area contributed by atoms with Crippen molar-refractivity contribution in [1.82, 2.24) is 10.2 Å². The molecule has 1 aliphatic rings. The van der Waals surface area contributed by atoms with Gasteiger partial charge in [0.25, 0.3) is 5.91 Å². The molecule has 1 atom stereocenters. The molecular formula is C24H32N2O3. The standard InChI is InChI=1S/C24H32N2O3/c1-3-23(29-22-12-10-21(28-2)11-13-22)24(27)25-17-19-8-7-9-20(16-19)18-26-14-5-4-6-15-26/h7-13,16,23H,3-6,14-15,17-18H2,1-2H3,(H,25,27)/t23-/m1/s1. The summed E-state index contributed by atoms with van der Waals surface area (Å²) in [5.74, 6) is 1.33. The minimum atomic E-state index is -0.514. The van der Waals surface area contributed by atoms with E-state index in [4.69, 9.17) is 9.47 Å². The molecule has 1 saturated heterocycles. The van der Waals surface area contributed by atoms with Crippen molar-refractivity contribution in [2.75, 3.05) is 20.2 Å². The lowest BCUT2D eigenvalue weighted by Crippen LogP contribution is -2.37. The maximum Gasteiger partial charge on any atom is 0.261 e. The molecule has 156 valence electrons. The van der Waals surface area contributed by atoms with E-state index in [1.54, 1.807) is 7.11 Å². The molecule has 1 N–H and O–H groups in total.